The molecule has 0 spiro atoms. The lowest BCUT2D eigenvalue weighted by Crippen LogP contribution is -2.33. The predicted molar refractivity (Wildman–Crippen MR) is 93.7 cm³/mol. The number of carbonyl (C=O) groups is 1. The molecule has 2 aromatic rings. The van der Waals surface area contributed by atoms with Crippen LogP contribution in [0.5, 0.6) is 0 Å². The van der Waals surface area contributed by atoms with E-state index in [9.17, 15) is 13.2 Å². The summed E-state index contributed by atoms with van der Waals surface area (Å²) in [5.74, 6) is -0.0242. The van der Waals surface area contributed by atoms with Crippen LogP contribution in [0.1, 0.15) is 29.6 Å². The number of hydrogen-bond acceptors (Lipinski definition) is 5. The first-order valence-corrected chi connectivity index (χ1v) is 10.0. The number of hydrogen-bond donors (Lipinski definition) is 1. The second-order valence-corrected chi connectivity index (χ2v) is 8.48. The van der Waals surface area contributed by atoms with Gasteiger partial charge in [0, 0.05) is 30.2 Å². The Balaban J connectivity index is 1.82. The Morgan fingerprint density at radius 1 is 1.42 bits per heavy atom. The number of anilines is 1. The van der Waals surface area contributed by atoms with Gasteiger partial charge >= 0.3 is 0 Å². The quantitative estimate of drug-likeness (QED) is 0.901. The Kier molecular flexibility index (Phi) is 4.71. The van der Waals surface area contributed by atoms with Crippen LogP contribution >= 0.6 is 11.3 Å². The van der Waals surface area contributed by atoms with Crippen LogP contribution in [0.4, 0.5) is 5.69 Å². The normalized spacial score (nSPS) is 14.5. The maximum atomic E-state index is 12.5. The summed E-state index contributed by atoms with van der Waals surface area (Å²) in [4.78, 5) is 17.9. The Morgan fingerprint density at radius 2 is 2.21 bits per heavy atom. The summed E-state index contributed by atoms with van der Waals surface area (Å²) >= 11 is 1.43. The van der Waals surface area contributed by atoms with Crippen LogP contribution < -0.4 is 9.62 Å². The van der Waals surface area contributed by atoms with Crippen molar-refractivity contribution in [2.45, 2.75) is 38.1 Å². The number of aryl methyl sites for hydroxylation is 2. The van der Waals surface area contributed by atoms with E-state index in [4.69, 9.17) is 0 Å². The average molecular weight is 365 g/mol. The van der Waals surface area contributed by atoms with E-state index < -0.39 is 10.0 Å². The molecule has 8 heteroatoms. The smallest absolute Gasteiger partial charge is 0.240 e. The zero-order valence-corrected chi connectivity index (χ0v) is 15.2. The van der Waals surface area contributed by atoms with Crippen LogP contribution in [0, 0.1) is 6.92 Å². The summed E-state index contributed by atoms with van der Waals surface area (Å²) in [5.41, 5.74) is 2.58. The van der Waals surface area contributed by atoms with Gasteiger partial charge in [-0.15, -0.1) is 11.3 Å². The largest absolute Gasteiger partial charge is 0.312 e. The molecule has 0 saturated heterocycles. The molecule has 1 aliphatic heterocycles. The molecule has 6 nitrogen and oxygen atoms in total. The molecule has 0 fully saturated rings. The molecular weight excluding hydrogens is 346 g/mol. The third-order valence-electron chi connectivity index (χ3n) is 3.94. The Bertz CT molecular complexity index is 874. The van der Waals surface area contributed by atoms with Crippen molar-refractivity contribution in [3.05, 3.63) is 39.8 Å². The van der Waals surface area contributed by atoms with Crippen LogP contribution in [0.15, 0.2) is 28.5 Å². The fourth-order valence-corrected chi connectivity index (χ4v) is 4.63. The van der Waals surface area contributed by atoms with E-state index in [0.29, 0.717) is 6.54 Å². The van der Waals surface area contributed by atoms with Crippen molar-refractivity contribution in [2.24, 2.45) is 0 Å². The van der Waals surface area contributed by atoms with Gasteiger partial charge in [0.05, 0.1) is 11.4 Å². The molecule has 2 heterocycles. The third-order valence-corrected chi connectivity index (χ3v) is 6.31. The highest BCUT2D eigenvalue weighted by molar-refractivity contribution is 7.89. The molecule has 0 radical (unpaired) electrons. The van der Waals surface area contributed by atoms with Crippen molar-refractivity contribution < 1.29 is 13.2 Å². The first-order valence-electron chi connectivity index (χ1n) is 7.68. The highest BCUT2D eigenvalue weighted by Crippen LogP contribution is 2.29. The maximum absolute atomic E-state index is 12.5. The van der Waals surface area contributed by atoms with Gasteiger partial charge in [-0.1, -0.05) is 0 Å². The van der Waals surface area contributed by atoms with Crippen molar-refractivity contribution in [1.29, 1.82) is 0 Å². The second-order valence-electron chi connectivity index (χ2n) is 5.77. The summed E-state index contributed by atoms with van der Waals surface area (Å²) in [7, 11) is -3.61. The summed E-state index contributed by atoms with van der Waals surface area (Å²) in [6.07, 6.45) is 1.61. The molecule has 0 atom stereocenters. The number of fused-ring (bicyclic) bond motifs is 1. The van der Waals surface area contributed by atoms with E-state index in [1.165, 1.54) is 18.3 Å². The number of carbonyl (C=O) groups excluding carboxylic acids is 1. The predicted octanol–water partition coefficient (Wildman–Crippen LogP) is 2.23. The molecule has 0 bridgehead atoms. The monoisotopic (exact) mass is 365 g/mol. The van der Waals surface area contributed by atoms with Crippen LogP contribution in [0.25, 0.3) is 0 Å². The van der Waals surface area contributed by atoms with E-state index in [1.54, 1.807) is 23.1 Å². The van der Waals surface area contributed by atoms with Gasteiger partial charge in [-0.3, -0.25) is 4.79 Å². The van der Waals surface area contributed by atoms with E-state index in [-0.39, 0.29) is 17.3 Å². The van der Waals surface area contributed by atoms with Gasteiger partial charge in [-0.05, 0) is 43.5 Å². The minimum absolute atomic E-state index is 0.0242. The summed E-state index contributed by atoms with van der Waals surface area (Å²) in [6, 6.07) is 4.94. The summed E-state index contributed by atoms with van der Waals surface area (Å²) in [5, 5.41) is 2.62. The van der Waals surface area contributed by atoms with Gasteiger partial charge < -0.3 is 4.90 Å². The fourth-order valence-electron chi connectivity index (χ4n) is 2.79. The van der Waals surface area contributed by atoms with E-state index in [0.717, 1.165) is 34.8 Å². The minimum atomic E-state index is -3.61. The third kappa shape index (κ3) is 3.50. The molecule has 1 aliphatic rings. The lowest BCUT2D eigenvalue weighted by Gasteiger charge is -2.28. The molecule has 0 saturated carbocycles. The lowest BCUT2D eigenvalue weighted by molar-refractivity contribution is -0.116. The number of benzene rings is 1. The van der Waals surface area contributed by atoms with Crippen LogP contribution in [0.3, 0.4) is 0 Å². The maximum Gasteiger partial charge on any atom is 0.240 e. The van der Waals surface area contributed by atoms with E-state index in [2.05, 4.69) is 9.71 Å². The molecule has 24 heavy (non-hydrogen) atoms. The molecule has 0 aliphatic carbocycles. The molecular formula is C16H19N3O3S2. The van der Waals surface area contributed by atoms with E-state index >= 15 is 0 Å². The van der Waals surface area contributed by atoms with Gasteiger partial charge in [0.1, 0.15) is 5.01 Å². The SMILES string of the molecule is CC(=O)N1CCCc2cc(S(=O)(=O)NCc3nc(C)cs3)ccc21. The summed E-state index contributed by atoms with van der Waals surface area (Å²) in [6.45, 7) is 4.25. The Morgan fingerprint density at radius 3 is 2.88 bits per heavy atom. The highest BCUT2D eigenvalue weighted by Gasteiger charge is 2.23. The van der Waals surface area contributed by atoms with Crippen molar-refractivity contribution in [2.75, 3.05) is 11.4 Å². The second kappa shape index (κ2) is 6.62. The number of rotatable bonds is 4. The van der Waals surface area contributed by atoms with Crippen LogP contribution in [-0.4, -0.2) is 25.9 Å². The number of amides is 1. The number of aromatic nitrogens is 1. The zero-order chi connectivity index (χ0) is 17.3. The Labute approximate surface area is 145 Å². The first kappa shape index (κ1) is 17.1. The lowest BCUT2D eigenvalue weighted by atomic mass is 10.0. The van der Waals surface area contributed by atoms with Gasteiger partial charge in [-0.2, -0.15) is 0 Å². The number of sulfonamides is 1. The number of nitrogens with zero attached hydrogens (tertiary/aromatic N) is 2. The molecule has 0 unspecified atom stereocenters. The standard InChI is InChI=1S/C16H19N3O3S2/c1-11-10-23-16(18-11)9-17-24(21,22)14-5-6-15-13(8-14)4-3-7-19(15)12(2)20/h5-6,8,10,17H,3-4,7,9H2,1-2H3. The van der Waals surface area contributed by atoms with Crippen LogP contribution in [0.2, 0.25) is 0 Å². The number of thiazole rings is 1. The minimum Gasteiger partial charge on any atom is -0.312 e. The molecule has 1 aromatic heterocycles. The fraction of sp³-hybridized carbons (Fsp3) is 0.375. The molecule has 1 amide bonds. The highest BCUT2D eigenvalue weighted by atomic mass is 32.2. The van der Waals surface area contributed by atoms with Gasteiger partial charge in [0.15, 0.2) is 0 Å². The summed E-state index contributed by atoms with van der Waals surface area (Å²) < 4.78 is 27.6. The van der Waals surface area contributed by atoms with Crippen molar-refractivity contribution >= 4 is 33.0 Å². The van der Waals surface area contributed by atoms with Crippen molar-refractivity contribution in [1.82, 2.24) is 9.71 Å². The molecule has 128 valence electrons. The van der Waals surface area contributed by atoms with Gasteiger partial charge in [0.2, 0.25) is 15.9 Å². The topological polar surface area (TPSA) is 79.4 Å². The zero-order valence-electron chi connectivity index (χ0n) is 13.6. The van der Waals surface area contributed by atoms with Gasteiger partial charge in [-0.25, -0.2) is 18.1 Å². The van der Waals surface area contributed by atoms with Crippen molar-refractivity contribution in [3.8, 4) is 0 Å². The molecule has 1 N–H and O–H groups in total. The van der Waals surface area contributed by atoms with Gasteiger partial charge in [0.25, 0.3) is 0 Å². The average Bonchev–Trinajstić information content (AvgIpc) is 2.97. The number of nitrogens with one attached hydrogen (secondary N) is 1. The Hall–Kier alpha value is -1.77. The van der Waals surface area contributed by atoms with E-state index in [1.807, 2.05) is 12.3 Å². The van der Waals surface area contributed by atoms with Crippen molar-refractivity contribution in [3.63, 3.8) is 0 Å². The molecule has 3 rings (SSSR count). The molecule has 1 aromatic carbocycles. The first-order chi connectivity index (χ1) is 11.4. The van der Waals surface area contributed by atoms with Crippen LogP contribution in [-0.2, 0) is 27.8 Å².